The van der Waals surface area contributed by atoms with Crippen molar-refractivity contribution in [2.75, 3.05) is 26.4 Å². The average molecular weight is 270 g/mol. The topological polar surface area (TPSA) is 54.3 Å². The van der Waals surface area contributed by atoms with Gasteiger partial charge < -0.3 is 9.47 Å². The largest absolute Gasteiger partial charge is 0.379 e. The van der Waals surface area contributed by atoms with Crippen LogP contribution in [-0.2, 0) is 9.47 Å². The van der Waals surface area contributed by atoms with Crippen LogP contribution in [0.25, 0.3) is 0 Å². The minimum absolute atomic E-state index is 0.0525. The molecule has 2 unspecified atom stereocenters. The second-order valence-electron chi connectivity index (χ2n) is 5.72. The van der Waals surface area contributed by atoms with Crippen LogP contribution in [0.5, 0.6) is 0 Å². The summed E-state index contributed by atoms with van der Waals surface area (Å²) < 4.78 is 11.1. The van der Waals surface area contributed by atoms with Crippen molar-refractivity contribution in [2.45, 2.75) is 59.1 Å². The summed E-state index contributed by atoms with van der Waals surface area (Å²) in [5.74, 6) is 0.553. The predicted octanol–water partition coefficient (Wildman–Crippen LogP) is 2.74. The first kappa shape index (κ1) is 18.4. The molecular weight excluding hydrogens is 240 g/mol. The molecule has 0 saturated carbocycles. The first-order chi connectivity index (χ1) is 8.93. The number of nitrogens with one attached hydrogen (secondary N) is 1. The van der Waals surface area contributed by atoms with E-state index in [1.54, 1.807) is 0 Å². The highest BCUT2D eigenvalue weighted by Gasteiger charge is 2.25. The summed E-state index contributed by atoms with van der Waals surface area (Å²) in [6.07, 6.45) is 1.76. The first-order valence-corrected chi connectivity index (χ1v) is 7.29. The van der Waals surface area contributed by atoms with Crippen LogP contribution in [0, 0.1) is 17.2 Å². The molecule has 19 heavy (non-hydrogen) atoms. The van der Waals surface area contributed by atoms with Crippen molar-refractivity contribution in [3.05, 3.63) is 0 Å². The molecule has 0 fully saturated rings. The quantitative estimate of drug-likeness (QED) is 0.587. The van der Waals surface area contributed by atoms with Crippen LogP contribution >= 0.6 is 0 Å². The highest BCUT2D eigenvalue weighted by Crippen LogP contribution is 2.13. The maximum absolute atomic E-state index is 9.24. The van der Waals surface area contributed by atoms with E-state index in [9.17, 15) is 5.26 Å². The fourth-order valence-electron chi connectivity index (χ4n) is 1.82. The molecule has 112 valence electrons. The maximum Gasteiger partial charge on any atom is 0.106 e. The van der Waals surface area contributed by atoms with Crippen molar-refractivity contribution < 1.29 is 9.47 Å². The minimum Gasteiger partial charge on any atom is -0.379 e. The molecule has 4 heteroatoms. The number of rotatable bonds is 11. The van der Waals surface area contributed by atoms with Crippen molar-refractivity contribution in [3.8, 4) is 6.07 Å². The van der Waals surface area contributed by atoms with Gasteiger partial charge in [0.15, 0.2) is 0 Å². The Labute approximate surface area is 118 Å². The molecule has 0 aliphatic rings. The molecule has 0 aliphatic carbocycles. The molecule has 0 amide bonds. The molecule has 0 bridgehead atoms. The summed E-state index contributed by atoms with van der Waals surface area (Å²) in [6.45, 7) is 13.1. The van der Waals surface area contributed by atoms with E-state index in [0.717, 1.165) is 19.6 Å². The SMILES string of the molecule is CCCNC(C)(C#N)CC(C)OCCOCC(C)C. The van der Waals surface area contributed by atoms with Crippen LogP contribution in [0.1, 0.15) is 47.5 Å². The third-order valence-corrected chi connectivity index (χ3v) is 2.79. The lowest BCUT2D eigenvalue weighted by Gasteiger charge is -2.26. The second-order valence-corrected chi connectivity index (χ2v) is 5.72. The molecule has 2 atom stereocenters. The van der Waals surface area contributed by atoms with Crippen molar-refractivity contribution in [1.29, 1.82) is 5.26 Å². The zero-order chi connectivity index (χ0) is 14.7. The Morgan fingerprint density at radius 2 is 1.95 bits per heavy atom. The number of hydrogen-bond acceptors (Lipinski definition) is 4. The van der Waals surface area contributed by atoms with E-state index in [1.807, 2.05) is 13.8 Å². The van der Waals surface area contributed by atoms with E-state index in [0.29, 0.717) is 25.6 Å². The van der Waals surface area contributed by atoms with E-state index in [4.69, 9.17) is 9.47 Å². The van der Waals surface area contributed by atoms with Gasteiger partial charge in [-0.05, 0) is 32.7 Å². The third kappa shape index (κ3) is 9.89. The zero-order valence-corrected chi connectivity index (χ0v) is 13.2. The molecule has 1 N–H and O–H groups in total. The van der Waals surface area contributed by atoms with Crippen molar-refractivity contribution in [3.63, 3.8) is 0 Å². The highest BCUT2D eigenvalue weighted by atomic mass is 16.5. The Balaban J connectivity index is 3.82. The van der Waals surface area contributed by atoms with Gasteiger partial charge in [-0.15, -0.1) is 0 Å². The van der Waals surface area contributed by atoms with Crippen LogP contribution in [0.3, 0.4) is 0 Å². The molecule has 0 aromatic heterocycles. The van der Waals surface area contributed by atoms with E-state index >= 15 is 0 Å². The molecule has 0 aromatic carbocycles. The van der Waals surface area contributed by atoms with Gasteiger partial charge in [-0.1, -0.05) is 20.8 Å². The van der Waals surface area contributed by atoms with Gasteiger partial charge in [-0.2, -0.15) is 5.26 Å². The molecule has 0 saturated heterocycles. The summed E-state index contributed by atoms with van der Waals surface area (Å²) >= 11 is 0. The Hall–Kier alpha value is -0.630. The van der Waals surface area contributed by atoms with Gasteiger partial charge in [0.1, 0.15) is 5.54 Å². The van der Waals surface area contributed by atoms with Gasteiger partial charge in [0, 0.05) is 13.0 Å². The zero-order valence-electron chi connectivity index (χ0n) is 13.2. The lowest BCUT2D eigenvalue weighted by atomic mass is 9.96. The third-order valence-electron chi connectivity index (χ3n) is 2.79. The normalized spacial score (nSPS) is 16.1. The summed E-state index contributed by atoms with van der Waals surface area (Å²) in [7, 11) is 0. The van der Waals surface area contributed by atoms with Gasteiger partial charge in [-0.25, -0.2) is 0 Å². The lowest BCUT2D eigenvalue weighted by molar-refractivity contribution is -0.00258. The summed E-state index contributed by atoms with van der Waals surface area (Å²) in [6, 6.07) is 2.34. The van der Waals surface area contributed by atoms with Gasteiger partial charge in [0.2, 0.25) is 0 Å². The van der Waals surface area contributed by atoms with Gasteiger partial charge >= 0.3 is 0 Å². The van der Waals surface area contributed by atoms with Crippen LogP contribution < -0.4 is 5.32 Å². The Morgan fingerprint density at radius 1 is 1.26 bits per heavy atom. The molecule has 0 aromatic rings. The molecule has 0 radical (unpaired) electrons. The Kier molecular flexibility index (Phi) is 9.85. The fourth-order valence-corrected chi connectivity index (χ4v) is 1.82. The van der Waals surface area contributed by atoms with Gasteiger partial charge in [-0.3, -0.25) is 5.32 Å². The van der Waals surface area contributed by atoms with Crippen LogP contribution in [-0.4, -0.2) is 38.0 Å². The Morgan fingerprint density at radius 3 is 2.47 bits per heavy atom. The fraction of sp³-hybridized carbons (Fsp3) is 0.933. The van der Waals surface area contributed by atoms with Gasteiger partial charge in [0.05, 0.1) is 25.4 Å². The van der Waals surface area contributed by atoms with E-state index in [-0.39, 0.29) is 6.10 Å². The molecule has 0 aliphatic heterocycles. The number of hydrogen-bond donors (Lipinski definition) is 1. The number of nitrogens with zero attached hydrogens (tertiary/aromatic N) is 1. The first-order valence-electron chi connectivity index (χ1n) is 7.29. The van der Waals surface area contributed by atoms with E-state index in [2.05, 4.69) is 32.2 Å². The van der Waals surface area contributed by atoms with Crippen molar-refractivity contribution in [1.82, 2.24) is 5.32 Å². The van der Waals surface area contributed by atoms with Crippen LogP contribution in [0.2, 0.25) is 0 Å². The van der Waals surface area contributed by atoms with E-state index < -0.39 is 5.54 Å². The standard InChI is InChI=1S/C15H30N2O2/c1-6-7-17-15(5,12-16)10-14(4)19-9-8-18-11-13(2)3/h13-14,17H,6-11H2,1-5H3. The van der Waals surface area contributed by atoms with Crippen molar-refractivity contribution >= 4 is 0 Å². The summed E-state index contributed by atoms with van der Waals surface area (Å²) in [5.41, 5.74) is -0.506. The summed E-state index contributed by atoms with van der Waals surface area (Å²) in [5, 5.41) is 12.5. The van der Waals surface area contributed by atoms with E-state index in [1.165, 1.54) is 0 Å². The smallest absolute Gasteiger partial charge is 0.106 e. The Bertz CT molecular complexity index is 263. The molecular formula is C15H30N2O2. The van der Waals surface area contributed by atoms with Crippen molar-refractivity contribution in [2.24, 2.45) is 5.92 Å². The molecule has 0 rings (SSSR count). The molecule has 0 heterocycles. The molecule has 0 spiro atoms. The average Bonchev–Trinajstić information content (AvgIpc) is 2.35. The van der Waals surface area contributed by atoms with Crippen LogP contribution in [0.4, 0.5) is 0 Å². The lowest BCUT2D eigenvalue weighted by Crippen LogP contribution is -2.44. The number of ether oxygens (including phenoxy) is 2. The van der Waals surface area contributed by atoms with Gasteiger partial charge in [0.25, 0.3) is 0 Å². The van der Waals surface area contributed by atoms with Crippen LogP contribution in [0.15, 0.2) is 0 Å². The second kappa shape index (κ2) is 10.2. The minimum atomic E-state index is -0.506. The predicted molar refractivity (Wildman–Crippen MR) is 78.0 cm³/mol. The summed E-state index contributed by atoms with van der Waals surface area (Å²) in [4.78, 5) is 0. The molecule has 4 nitrogen and oxygen atoms in total. The number of nitriles is 1. The monoisotopic (exact) mass is 270 g/mol. The maximum atomic E-state index is 9.24. The highest BCUT2D eigenvalue weighted by molar-refractivity contribution is 5.04.